The quantitative estimate of drug-likeness (QED) is 0.663. The highest BCUT2D eigenvalue weighted by molar-refractivity contribution is 7.90. The topological polar surface area (TPSA) is 54.4 Å². The van der Waals surface area contributed by atoms with E-state index in [9.17, 15) is 8.42 Å². The lowest BCUT2D eigenvalue weighted by atomic mass is 9.84. The molecule has 0 fully saturated rings. The second-order valence-electron chi connectivity index (χ2n) is 4.06. The van der Waals surface area contributed by atoms with Crippen molar-refractivity contribution in [3.05, 3.63) is 22.6 Å². The van der Waals surface area contributed by atoms with Crippen molar-refractivity contribution in [1.29, 1.82) is 0 Å². The average Bonchev–Trinajstić information content (AvgIpc) is 1.80. The Morgan fingerprint density at radius 1 is 1.46 bits per heavy atom. The maximum atomic E-state index is 10.9. The molecule has 0 saturated carbocycles. The molecule has 1 N–H and O–H groups in total. The highest BCUT2D eigenvalue weighted by Gasteiger charge is 2.24. The van der Waals surface area contributed by atoms with E-state index in [4.69, 9.17) is 4.55 Å². The molecule has 0 aliphatic heterocycles. The van der Waals surface area contributed by atoms with Gasteiger partial charge in [0.1, 0.15) is 0 Å². The van der Waals surface area contributed by atoms with Crippen LogP contribution in [0.1, 0.15) is 27.2 Å². The zero-order valence-corrected chi connectivity index (χ0v) is 8.85. The van der Waals surface area contributed by atoms with Gasteiger partial charge in [-0.25, -0.2) is 0 Å². The van der Waals surface area contributed by atoms with Gasteiger partial charge in [-0.15, -0.1) is 0 Å². The fourth-order valence-corrected chi connectivity index (χ4v) is 2.30. The van der Waals surface area contributed by atoms with E-state index in [0.717, 1.165) is 0 Å². The van der Waals surface area contributed by atoms with Gasteiger partial charge in [0, 0.05) is 0 Å². The van der Waals surface area contributed by atoms with Crippen molar-refractivity contribution < 1.29 is 13.0 Å². The van der Waals surface area contributed by atoms with Crippen molar-refractivity contribution in [2.24, 2.45) is 5.41 Å². The second-order valence-corrected chi connectivity index (χ2v) is 5.45. The predicted octanol–water partition coefficient (Wildman–Crippen LogP) is 2.13. The first-order valence-corrected chi connectivity index (χ1v) is 5.54. The molecule has 0 unspecified atom stereocenters. The largest absolute Gasteiger partial charge is 0.294 e. The molecule has 13 heavy (non-hydrogen) atoms. The first-order valence-electron chi connectivity index (χ1n) is 4.10. The molecule has 0 aromatic rings. The fourth-order valence-electron chi connectivity index (χ4n) is 1.54. The summed E-state index contributed by atoms with van der Waals surface area (Å²) in [6.07, 6.45) is 4.08. The fraction of sp³-hybridized carbons (Fsp3) is 0.556. The van der Waals surface area contributed by atoms with Crippen LogP contribution in [0.25, 0.3) is 0 Å². The van der Waals surface area contributed by atoms with Crippen LogP contribution in [0, 0.1) is 5.41 Å². The van der Waals surface area contributed by atoms with Crippen LogP contribution >= 0.6 is 0 Å². The summed E-state index contributed by atoms with van der Waals surface area (Å²) >= 11 is 0. The molecule has 3 nitrogen and oxygen atoms in total. The van der Waals surface area contributed by atoms with E-state index in [1.54, 1.807) is 13.0 Å². The second kappa shape index (κ2) is 2.96. The summed E-state index contributed by atoms with van der Waals surface area (Å²) in [5.41, 5.74) is 0.608. The Kier molecular flexibility index (Phi) is 2.38. The van der Waals surface area contributed by atoms with Crippen LogP contribution in [-0.4, -0.2) is 13.0 Å². The molecular weight excluding hydrogens is 188 g/mol. The van der Waals surface area contributed by atoms with Crippen LogP contribution < -0.4 is 0 Å². The Morgan fingerprint density at radius 3 is 2.38 bits per heavy atom. The van der Waals surface area contributed by atoms with Crippen LogP contribution in [0.5, 0.6) is 0 Å². The first kappa shape index (κ1) is 10.5. The average molecular weight is 202 g/mol. The maximum Gasteiger partial charge on any atom is 0.294 e. The molecule has 0 amide bonds. The molecule has 1 rings (SSSR count). The minimum Gasteiger partial charge on any atom is -0.282 e. The van der Waals surface area contributed by atoms with E-state index in [2.05, 4.69) is 0 Å². The van der Waals surface area contributed by atoms with Gasteiger partial charge in [-0.05, 0) is 24.3 Å². The standard InChI is InChI=1S/C9H14O3S/c1-7-6-9(2,3)5-4-8(7)13(10,11)12/h4,6H,5H2,1-3H3,(H,10,11,12). The van der Waals surface area contributed by atoms with Crippen LogP contribution in [0.3, 0.4) is 0 Å². The third-order valence-corrected chi connectivity index (χ3v) is 3.13. The molecule has 0 heterocycles. The van der Waals surface area contributed by atoms with Crippen molar-refractivity contribution in [1.82, 2.24) is 0 Å². The number of allylic oxidation sites excluding steroid dienone is 3. The molecular formula is C9H14O3S. The van der Waals surface area contributed by atoms with Gasteiger partial charge in [0.05, 0.1) is 4.91 Å². The van der Waals surface area contributed by atoms with Gasteiger partial charge in [-0.3, -0.25) is 4.55 Å². The van der Waals surface area contributed by atoms with Gasteiger partial charge < -0.3 is 0 Å². The van der Waals surface area contributed by atoms with Crippen molar-refractivity contribution in [2.45, 2.75) is 27.2 Å². The van der Waals surface area contributed by atoms with Gasteiger partial charge in [0.2, 0.25) is 0 Å². The molecule has 1 aliphatic carbocycles. The molecule has 74 valence electrons. The molecule has 0 spiro atoms. The lowest BCUT2D eigenvalue weighted by Crippen LogP contribution is -2.15. The number of hydrogen-bond donors (Lipinski definition) is 1. The Hall–Kier alpha value is -0.610. The maximum absolute atomic E-state index is 10.9. The van der Waals surface area contributed by atoms with Crippen molar-refractivity contribution in [2.75, 3.05) is 0 Å². The molecule has 0 aromatic heterocycles. The third kappa shape index (κ3) is 2.42. The van der Waals surface area contributed by atoms with Crippen molar-refractivity contribution in [3.8, 4) is 0 Å². The van der Waals surface area contributed by atoms with Gasteiger partial charge in [0.25, 0.3) is 10.1 Å². The lowest BCUT2D eigenvalue weighted by Gasteiger charge is -2.24. The molecule has 1 aliphatic rings. The molecule has 0 atom stereocenters. The summed E-state index contributed by atoms with van der Waals surface area (Å²) in [5.74, 6) is 0. The molecule has 0 saturated heterocycles. The lowest BCUT2D eigenvalue weighted by molar-refractivity contribution is 0.471. The van der Waals surface area contributed by atoms with E-state index < -0.39 is 10.1 Å². The van der Waals surface area contributed by atoms with Crippen LogP contribution in [-0.2, 0) is 10.1 Å². The first-order chi connectivity index (χ1) is 5.72. The molecule has 0 bridgehead atoms. The van der Waals surface area contributed by atoms with E-state index >= 15 is 0 Å². The van der Waals surface area contributed by atoms with E-state index in [1.807, 2.05) is 19.9 Å². The zero-order chi connectivity index (χ0) is 10.3. The molecule has 4 heteroatoms. The summed E-state index contributed by atoms with van der Waals surface area (Å²) < 4.78 is 30.6. The Balaban J connectivity index is 3.11. The minimum absolute atomic E-state index is 0.0156. The normalized spacial score (nSPS) is 22.2. The van der Waals surface area contributed by atoms with Crippen LogP contribution in [0.15, 0.2) is 22.6 Å². The monoisotopic (exact) mass is 202 g/mol. The Labute approximate surface area is 78.9 Å². The molecule has 0 aromatic carbocycles. The zero-order valence-electron chi connectivity index (χ0n) is 8.03. The van der Waals surface area contributed by atoms with E-state index in [-0.39, 0.29) is 10.3 Å². The summed E-state index contributed by atoms with van der Waals surface area (Å²) in [7, 11) is -4.03. The predicted molar refractivity (Wildman–Crippen MR) is 51.8 cm³/mol. The van der Waals surface area contributed by atoms with Crippen molar-refractivity contribution >= 4 is 10.1 Å². The summed E-state index contributed by atoms with van der Waals surface area (Å²) in [6.45, 7) is 5.74. The van der Waals surface area contributed by atoms with Crippen LogP contribution in [0.2, 0.25) is 0 Å². The van der Waals surface area contributed by atoms with Gasteiger partial charge in [-0.2, -0.15) is 8.42 Å². The van der Waals surface area contributed by atoms with E-state index in [1.165, 1.54) is 0 Å². The summed E-state index contributed by atoms with van der Waals surface area (Å²) in [6, 6.07) is 0. The third-order valence-electron chi connectivity index (χ3n) is 2.09. The molecule has 0 radical (unpaired) electrons. The minimum atomic E-state index is -4.03. The smallest absolute Gasteiger partial charge is 0.282 e. The summed E-state index contributed by atoms with van der Waals surface area (Å²) in [5, 5.41) is 0. The highest BCUT2D eigenvalue weighted by Crippen LogP contribution is 2.33. The van der Waals surface area contributed by atoms with Gasteiger partial charge in [0.15, 0.2) is 0 Å². The Bertz CT molecular complexity index is 372. The van der Waals surface area contributed by atoms with Gasteiger partial charge >= 0.3 is 0 Å². The Morgan fingerprint density at radius 2 is 2.00 bits per heavy atom. The highest BCUT2D eigenvalue weighted by atomic mass is 32.2. The number of rotatable bonds is 1. The van der Waals surface area contributed by atoms with Gasteiger partial charge in [-0.1, -0.05) is 26.0 Å². The SMILES string of the molecule is CC1=CC(C)(C)CC=C1S(=O)(=O)O. The summed E-state index contributed by atoms with van der Waals surface area (Å²) in [4.78, 5) is 0.0480. The van der Waals surface area contributed by atoms with E-state index in [0.29, 0.717) is 12.0 Å². The van der Waals surface area contributed by atoms with Crippen molar-refractivity contribution in [3.63, 3.8) is 0 Å². The number of hydrogen-bond acceptors (Lipinski definition) is 2. The van der Waals surface area contributed by atoms with Crippen LogP contribution in [0.4, 0.5) is 0 Å².